The van der Waals surface area contributed by atoms with Crippen molar-refractivity contribution in [3.05, 3.63) is 81.5 Å². The zero-order valence-corrected chi connectivity index (χ0v) is 13.3. The van der Waals surface area contributed by atoms with Gasteiger partial charge in [-0.15, -0.1) is 0 Å². The molecule has 2 heterocycles. The molecule has 1 aliphatic rings. The number of carbonyl (C=O) groups excluding carboxylic acids is 1. The van der Waals surface area contributed by atoms with Crippen molar-refractivity contribution in [3.63, 3.8) is 0 Å². The van der Waals surface area contributed by atoms with Crippen molar-refractivity contribution in [1.29, 1.82) is 0 Å². The van der Waals surface area contributed by atoms with E-state index in [1.807, 2.05) is 42.5 Å². The van der Waals surface area contributed by atoms with Gasteiger partial charge in [0.25, 0.3) is 0 Å². The fraction of sp³-hybridized carbons (Fsp3) is 0.118. The number of hydrogen-bond acceptors (Lipinski definition) is 3. The van der Waals surface area contributed by atoms with Gasteiger partial charge in [0.1, 0.15) is 0 Å². The van der Waals surface area contributed by atoms with Crippen LogP contribution in [0.3, 0.4) is 0 Å². The molecule has 0 aliphatic carbocycles. The molecule has 0 atom stereocenters. The number of aromatic nitrogens is 3. The summed E-state index contributed by atoms with van der Waals surface area (Å²) >= 11 is 5.88. The molecule has 0 fully saturated rings. The molecule has 0 N–H and O–H groups in total. The maximum atomic E-state index is 12.7. The third-order valence-electron chi connectivity index (χ3n) is 3.96. The molecule has 0 saturated carbocycles. The fourth-order valence-electron chi connectivity index (χ4n) is 2.79. The molecule has 7 heteroatoms. The zero-order chi connectivity index (χ0) is 16.7. The van der Waals surface area contributed by atoms with Gasteiger partial charge in [0.2, 0.25) is 0 Å². The molecule has 1 aromatic heterocycles. The second kappa shape index (κ2) is 5.65. The summed E-state index contributed by atoms with van der Waals surface area (Å²) < 4.78 is 2.70. The first kappa shape index (κ1) is 14.7. The van der Waals surface area contributed by atoms with Crippen molar-refractivity contribution in [2.75, 3.05) is 4.90 Å². The number of carbonyl (C=O) groups is 1. The van der Waals surface area contributed by atoms with Crippen LogP contribution in [-0.4, -0.2) is 20.4 Å². The molecule has 0 bridgehead atoms. The number of hydrogen-bond donors (Lipinski definition) is 0. The van der Waals surface area contributed by atoms with E-state index in [4.69, 9.17) is 11.6 Å². The monoisotopic (exact) mass is 340 g/mol. The molecule has 1 amide bonds. The van der Waals surface area contributed by atoms with Crippen LogP contribution in [0.5, 0.6) is 0 Å². The number of anilines is 1. The summed E-state index contributed by atoms with van der Waals surface area (Å²) in [5.41, 5.74) is 1.22. The van der Waals surface area contributed by atoms with Crippen molar-refractivity contribution in [2.45, 2.75) is 13.1 Å². The van der Waals surface area contributed by atoms with Gasteiger partial charge in [-0.25, -0.2) is 14.3 Å². The normalized spacial score (nSPS) is 13.4. The van der Waals surface area contributed by atoms with E-state index in [0.717, 1.165) is 11.3 Å². The standard InChI is InChI=1S/C17H13ClN4O2/c18-13-8-6-12(7-9-13)10-21-16(23)19-15-11-20(17(24)22(15)21)14-4-2-1-3-5-14/h1-9H,10-11H2. The van der Waals surface area contributed by atoms with Crippen LogP contribution in [-0.2, 0) is 13.1 Å². The molecule has 4 rings (SSSR count). The minimum atomic E-state index is -0.430. The first-order chi connectivity index (χ1) is 11.6. The number of benzene rings is 2. The molecular formula is C17H13ClN4O2. The van der Waals surface area contributed by atoms with Gasteiger partial charge in [-0.2, -0.15) is 9.67 Å². The maximum Gasteiger partial charge on any atom is 0.364 e. The Kier molecular flexibility index (Phi) is 3.46. The molecule has 0 saturated heterocycles. The largest absolute Gasteiger partial charge is 0.364 e. The third kappa shape index (κ3) is 2.41. The van der Waals surface area contributed by atoms with Gasteiger partial charge >= 0.3 is 11.7 Å². The maximum absolute atomic E-state index is 12.7. The van der Waals surface area contributed by atoms with Crippen LogP contribution in [0.4, 0.5) is 10.5 Å². The second-order valence-electron chi connectivity index (χ2n) is 5.51. The molecule has 3 aromatic rings. The van der Waals surface area contributed by atoms with E-state index in [-0.39, 0.29) is 19.1 Å². The van der Waals surface area contributed by atoms with E-state index >= 15 is 0 Å². The topological polar surface area (TPSA) is 60.1 Å². The van der Waals surface area contributed by atoms with Gasteiger partial charge in [0.05, 0.1) is 13.1 Å². The van der Waals surface area contributed by atoms with Gasteiger partial charge in [-0.05, 0) is 29.8 Å². The van der Waals surface area contributed by atoms with Crippen LogP contribution in [0.25, 0.3) is 0 Å². The van der Waals surface area contributed by atoms with Crippen molar-refractivity contribution < 1.29 is 4.79 Å². The Morgan fingerprint density at radius 1 is 1.00 bits per heavy atom. The van der Waals surface area contributed by atoms with E-state index in [9.17, 15) is 9.59 Å². The minimum Gasteiger partial charge on any atom is -0.285 e. The Balaban J connectivity index is 1.70. The predicted molar refractivity (Wildman–Crippen MR) is 90.5 cm³/mol. The number of amides is 1. The molecule has 0 spiro atoms. The van der Waals surface area contributed by atoms with Crippen LogP contribution < -0.4 is 10.6 Å². The van der Waals surface area contributed by atoms with Crippen LogP contribution in [0.15, 0.2) is 59.4 Å². The zero-order valence-electron chi connectivity index (χ0n) is 12.6. The third-order valence-corrected chi connectivity index (χ3v) is 4.21. The van der Waals surface area contributed by atoms with E-state index in [1.165, 1.54) is 9.36 Å². The molecule has 6 nitrogen and oxygen atoms in total. The van der Waals surface area contributed by atoms with Gasteiger partial charge in [-0.1, -0.05) is 41.9 Å². The summed E-state index contributed by atoms with van der Waals surface area (Å²) in [6.07, 6.45) is 0. The highest BCUT2D eigenvalue weighted by atomic mass is 35.5. The molecule has 24 heavy (non-hydrogen) atoms. The number of halogens is 1. The predicted octanol–water partition coefficient (Wildman–Crippen LogP) is 2.73. The van der Waals surface area contributed by atoms with Crippen LogP contribution in [0.1, 0.15) is 11.4 Å². The van der Waals surface area contributed by atoms with Crippen molar-refractivity contribution >= 4 is 23.3 Å². The van der Waals surface area contributed by atoms with Crippen molar-refractivity contribution in [1.82, 2.24) is 14.3 Å². The Morgan fingerprint density at radius 3 is 2.42 bits per heavy atom. The lowest BCUT2D eigenvalue weighted by atomic mass is 10.2. The average molecular weight is 341 g/mol. The molecule has 120 valence electrons. The molecule has 0 unspecified atom stereocenters. The number of fused-ring (bicyclic) bond motifs is 1. The van der Waals surface area contributed by atoms with Crippen molar-refractivity contribution in [3.8, 4) is 0 Å². The molecule has 0 radical (unpaired) electrons. The summed E-state index contributed by atoms with van der Waals surface area (Å²) in [6.45, 7) is 0.545. The van der Waals surface area contributed by atoms with Gasteiger partial charge < -0.3 is 0 Å². The summed E-state index contributed by atoms with van der Waals surface area (Å²) in [5.74, 6) is 0.447. The smallest absolute Gasteiger partial charge is 0.285 e. The lowest BCUT2D eigenvalue weighted by molar-refractivity contribution is 0.244. The Labute approximate surface area is 142 Å². The summed E-state index contributed by atoms with van der Waals surface area (Å²) in [4.78, 5) is 30.5. The molecular weight excluding hydrogens is 328 g/mol. The van der Waals surface area contributed by atoms with E-state index in [2.05, 4.69) is 4.98 Å². The average Bonchev–Trinajstić information content (AvgIpc) is 3.07. The van der Waals surface area contributed by atoms with Gasteiger partial charge in [0.15, 0.2) is 5.82 Å². The second-order valence-corrected chi connectivity index (χ2v) is 5.95. The highest BCUT2D eigenvalue weighted by molar-refractivity contribution is 6.30. The Bertz CT molecular complexity index is 961. The molecule has 2 aromatic carbocycles. The minimum absolute atomic E-state index is 0.261. The fourth-order valence-corrected chi connectivity index (χ4v) is 2.92. The van der Waals surface area contributed by atoms with Crippen molar-refractivity contribution in [2.24, 2.45) is 0 Å². The Hall–Kier alpha value is -2.86. The summed E-state index contributed by atoms with van der Waals surface area (Å²) in [6, 6.07) is 16.2. The van der Waals surface area contributed by atoms with E-state index < -0.39 is 5.69 Å². The summed E-state index contributed by atoms with van der Waals surface area (Å²) in [5, 5.41) is 0.621. The number of rotatable bonds is 3. The highest BCUT2D eigenvalue weighted by Gasteiger charge is 2.33. The quantitative estimate of drug-likeness (QED) is 0.736. The highest BCUT2D eigenvalue weighted by Crippen LogP contribution is 2.22. The van der Waals surface area contributed by atoms with Crippen LogP contribution in [0.2, 0.25) is 5.02 Å². The first-order valence-electron chi connectivity index (χ1n) is 7.43. The number of nitrogens with zero attached hydrogens (tertiary/aromatic N) is 4. The SMILES string of the molecule is O=C1N(c2ccccc2)Cc2nc(=O)n(Cc3ccc(Cl)cc3)n21. The van der Waals surface area contributed by atoms with Crippen LogP contribution >= 0.6 is 11.6 Å². The van der Waals surface area contributed by atoms with Crippen LogP contribution in [0, 0.1) is 0 Å². The van der Waals surface area contributed by atoms with E-state index in [0.29, 0.717) is 10.8 Å². The lowest BCUT2D eigenvalue weighted by Gasteiger charge is -2.15. The van der Waals surface area contributed by atoms with Gasteiger partial charge in [-0.3, -0.25) is 4.90 Å². The lowest BCUT2D eigenvalue weighted by Crippen LogP contribution is -2.34. The first-order valence-corrected chi connectivity index (χ1v) is 7.81. The summed E-state index contributed by atoms with van der Waals surface area (Å²) in [7, 11) is 0. The van der Waals surface area contributed by atoms with Gasteiger partial charge in [0, 0.05) is 10.7 Å². The van der Waals surface area contributed by atoms with E-state index in [1.54, 1.807) is 17.0 Å². The number of para-hydroxylation sites is 1. The molecule has 1 aliphatic heterocycles. The Morgan fingerprint density at radius 2 is 1.71 bits per heavy atom.